The van der Waals surface area contributed by atoms with E-state index in [4.69, 9.17) is 35.3 Å². The van der Waals surface area contributed by atoms with Gasteiger partial charge in [0.2, 0.25) is 18.4 Å². The van der Waals surface area contributed by atoms with Gasteiger partial charge in [0.1, 0.15) is 6.33 Å². The van der Waals surface area contributed by atoms with Gasteiger partial charge in [0, 0.05) is 29.8 Å². The first kappa shape index (κ1) is 20.9. The van der Waals surface area contributed by atoms with Gasteiger partial charge in [0.25, 0.3) is 0 Å². The second-order valence-corrected chi connectivity index (χ2v) is 8.13. The van der Waals surface area contributed by atoms with Crippen LogP contribution in [0.4, 0.5) is 0 Å². The van der Waals surface area contributed by atoms with E-state index in [1.165, 1.54) is 32.3 Å². The zero-order chi connectivity index (χ0) is 21.9. The van der Waals surface area contributed by atoms with E-state index in [0.717, 1.165) is 13.0 Å². The summed E-state index contributed by atoms with van der Waals surface area (Å²) in [5, 5.41) is 1.16. The lowest BCUT2D eigenvalue weighted by Crippen LogP contribution is -2.21. The minimum atomic E-state index is 0.114. The molecule has 2 aliphatic heterocycles. The number of aromatic nitrogens is 2. The van der Waals surface area contributed by atoms with Crippen LogP contribution < -0.4 is 23.7 Å². The van der Waals surface area contributed by atoms with Crippen LogP contribution in [0.15, 0.2) is 30.6 Å². The molecule has 168 valence electrons. The number of halogens is 1. The van der Waals surface area contributed by atoms with Crippen LogP contribution in [0.3, 0.4) is 0 Å². The number of nitrogens with zero attached hydrogens (tertiary/aromatic N) is 3. The van der Waals surface area contributed by atoms with E-state index in [-0.39, 0.29) is 6.79 Å². The van der Waals surface area contributed by atoms with Gasteiger partial charge >= 0.3 is 0 Å². The summed E-state index contributed by atoms with van der Waals surface area (Å²) in [5.74, 6) is 3.04. The van der Waals surface area contributed by atoms with E-state index in [9.17, 15) is 0 Å². The van der Waals surface area contributed by atoms with E-state index < -0.39 is 0 Å². The van der Waals surface area contributed by atoms with Crippen molar-refractivity contribution in [1.29, 1.82) is 0 Å². The van der Waals surface area contributed by atoms with Gasteiger partial charge in [-0.2, -0.15) is 0 Å². The second-order valence-electron chi connectivity index (χ2n) is 7.69. The summed E-state index contributed by atoms with van der Waals surface area (Å²) in [6, 6.07) is 7.02. The summed E-state index contributed by atoms with van der Waals surface area (Å²) in [7, 11) is 1.61. The van der Waals surface area contributed by atoms with Crippen molar-refractivity contribution in [3.8, 4) is 34.6 Å². The van der Waals surface area contributed by atoms with Gasteiger partial charge in [0.15, 0.2) is 23.0 Å². The van der Waals surface area contributed by atoms with Crippen molar-refractivity contribution in [1.82, 2.24) is 14.9 Å². The molecule has 0 amide bonds. The lowest BCUT2D eigenvalue weighted by Gasteiger charge is -2.16. The van der Waals surface area contributed by atoms with Gasteiger partial charge in [-0.15, -0.1) is 0 Å². The Balaban J connectivity index is 1.37. The molecule has 1 saturated heterocycles. The van der Waals surface area contributed by atoms with Gasteiger partial charge in [-0.1, -0.05) is 11.6 Å². The highest BCUT2D eigenvalue weighted by atomic mass is 35.5. The van der Waals surface area contributed by atoms with Crippen molar-refractivity contribution in [2.75, 3.05) is 40.1 Å². The lowest BCUT2D eigenvalue weighted by molar-refractivity contribution is 0.171. The molecule has 0 saturated carbocycles. The molecule has 2 aliphatic rings. The predicted octanol–water partition coefficient (Wildman–Crippen LogP) is 4.68. The van der Waals surface area contributed by atoms with Crippen LogP contribution in [-0.4, -0.2) is 55.0 Å². The van der Waals surface area contributed by atoms with Crippen LogP contribution in [0.2, 0.25) is 5.02 Å². The van der Waals surface area contributed by atoms with Crippen molar-refractivity contribution >= 4 is 22.5 Å². The Hall–Kier alpha value is -2.97. The van der Waals surface area contributed by atoms with Crippen molar-refractivity contribution < 1.29 is 23.7 Å². The summed E-state index contributed by atoms with van der Waals surface area (Å²) in [5.41, 5.74) is 0.682. The van der Waals surface area contributed by atoms with Crippen molar-refractivity contribution in [2.45, 2.75) is 19.3 Å². The molecule has 0 atom stereocenters. The Labute approximate surface area is 191 Å². The third-order valence-corrected chi connectivity index (χ3v) is 5.79. The highest BCUT2D eigenvalue weighted by Gasteiger charge is 2.22. The van der Waals surface area contributed by atoms with Crippen molar-refractivity contribution in [3.63, 3.8) is 0 Å². The molecular weight excluding hydrogens is 434 g/mol. The third kappa shape index (κ3) is 4.33. The van der Waals surface area contributed by atoms with Gasteiger partial charge in [-0.05, 0) is 38.4 Å². The van der Waals surface area contributed by atoms with E-state index >= 15 is 0 Å². The maximum atomic E-state index is 6.20. The number of fused-ring (bicyclic) bond motifs is 2. The Kier molecular flexibility index (Phi) is 6.05. The standard InChI is InChI=1S/C23H24ClN3O5/c1-28-18-11-16-17(12-19(18)29-8-4-7-27-5-2-3-6-27)25-13-26-23(16)32-21-10-15(24)9-20-22(21)31-14-30-20/h9-13H,2-8,14H2,1H3. The topological polar surface area (TPSA) is 75.2 Å². The molecular formula is C23H24ClN3O5. The van der Waals surface area contributed by atoms with Crippen LogP contribution in [0.5, 0.6) is 34.6 Å². The smallest absolute Gasteiger partial charge is 0.231 e. The SMILES string of the molecule is COc1cc2c(Oc3cc(Cl)cc4c3OCO4)ncnc2cc1OCCCN1CCCC1. The number of methoxy groups -OCH3 is 1. The first-order valence-electron chi connectivity index (χ1n) is 10.7. The zero-order valence-electron chi connectivity index (χ0n) is 17.8. The molecule has 1 fully saturated rings. The quantitative estimate of drug-likeness (QED) is 0.451. The molecule has 0 unspecified atom stereocenters. The fraction of sp³-hybridized carbons (Fsp3) is 0.391. The number of rotatable bonds is 8. The zero-order valence-corrected chi connectivity index (χ0v) is 18.6. The number of benzene rings is 2. The average molecular weight is 458 g/mol. The van der Waals surface area contributed by atoms with Gasteiger partial charge in [0.05, 0.1) is 24.6 Å². The minimum Gasteiger partial charge on any atom is -0.493 e. The van der Waals surface area contributed by atoms with E-state index in [2.05, 4.69) is 14.9 Å². The second kappa shape index (κ2) is 9.26. The van der Waals surface area contributed by atoms with Gasteiger partial charge in [-0.25, -0.2) is 9.97 Å². The molecule has 3 heterocycles. The Morgan fingerprint density at radius 1 is 1.03 bits per heavy atom. The molecule has 0 radical (unpaired) electrons. The molecule has 1 aromatic heterocycles. The fourth-order valence-corrected chi connectivity index (χ4v) is 4.19. The Bertz CT molecular complexity index is 1120. The Morgan fingerprint density at radius 2 is 1.91 bits per heavy atom. The minimum absolute atomic E-state index is 0.114. The van der Waals surface area contributed by atoms with Gasteiger partial charge < -0.3 is 28.6 Å². The summed E-state index contributed by atoms with van der Waals surface area (Å²) >= 11 is 6.20. The molecule has 0 N–H and O–H groups in total. The van der Waals surface area contributed by atoms with E-state index in [0.29, 0.717) is 57.2 Å². The van der Waals surface area contributed by atoms with E-state index in [1.807, 2.05) is 12.1 Å². The fourth-order valence-electron chi connectivity index (χ4n) is 4.00. The first-order chi connectivity index (χ1) is 15.7. The molecule has 8 nitrogen and oxygen atoms in total. The number of likely N-dealkylation sites (tertiary alicyclic amines) is 1. The molecule has 0 bridgehead atoms. The Morgan fingerprint density at radius 3 is 2.75 bits per heavy atom. The molecule has 32 heavy (non-hydrogen) atoms. The van der Waals surface area contributed by atoms with E-state index in [1.54, 1.807) is 19.2 Å². The monoisotopic (exact) mass is 457 g/mol. The maximum Gasteiger partial charge on any atom is 0.231 e. The molecule has 2 aromatic carbocycles. The van der Waals surface area contributed by atoms with Crippen molar-refractivity contribution in [3.05, 3.63) is 35.6 Å². The van der Waals surface area contributed by atoms with Crippen LogP contribution in [-0.2, 0) is 0 Å². The predicted molar refractivity (Wildman–Crippen MR) is 120 cm³/mol. The summed E-state index contributed by atoms with van der Waals surface area (Å²) in [6.07, 6.45) is 4.99. The average Bonchev–Trinajstić information content (AvgIpc) is 3.48. The van der Waals surface area contributed by atoms with Crippen LogP contribution in [0, 0.1) is 0 Å². The normalized spacial score (nSPS) is 15.3. The summed E-state index contributed by atoms with van der Waals surface area (Å²) in [4.78, 5) is 11.2. The van der Waals surface area contributed by atoms with Crippen molar-refractivity contribution in [2.24, 2.45) is 0 Å². The van der Waals surface area contributed by atoms with Crippen LogP contribution in [0.25, 0.3) is 10.9 Å². The third-order valence-electron chi connectivity index (χ3n) is 5.57. The molecule has 5 rings (SSSR count). The first-order valence-corrected chi connectivity index (χ1v) is 11.0. The van der Waals surface area contributed by atoms with Gasteiger partial charge in [-0.3, -0.25) is 0 Å². The number of hydrogen-bond donors (Lipinski definition) is 0. The molecule has 0 aliphatic carbocycles. The molecule has 0 spiro atoms. The number of ether oxygens (including phenoxy) is 5. The lowest BCUT2D eigenvalue weighted by atomic mass is 10.2. The largest absolute Gasteiger partial charge is 0.493 e. The maximum absolute atomic E-state index is 6.20. The van der Waals surface area contributed by atoms with Crippen LogP contribution in [0.1, 0.15) is 19.3 Å². The summed E-state index contributed by atoms with van der Waals surface area (Å²) < 4.78 is 28.6. The highest BCUT2D eigenvalue weighted by Crippen LogP contribution is 2.45. The summed E-state index contributed by atoms with van der Waals surface area (Å²) in [6.45, 7) is 4.14. The molecule has 9 heteroatoms. The number of hydrogen-bond acceptors (Lipinski definition) is 8. The molecule has 3 aromatic rings. The highest BCUT2D eigenvalue weighted by molar-refractivity contribution is 6.31. The van der Waals surface area contributed by atoms with Crippen LogP contribution >= 0.6 is 11.6 Å².